The SMILES string of the molecule is CSCCCCNc1ccc(C(=O)O)cc1Br. The molecule has 0 bridgehead atoms. The Kier molecular flexibility index (Phi) is 6.44. The minimum absolute atomic E-state index is 0.296. The Hall–Kier alpha value is -0.680. The van der Waals surface area contributed by atoms with Crippen molar-refractivity contribution < 1.29 is 9.90 Å². The molecule has 0 heterocycles. The first-order chi connectivity index (χ1) is 8.15. The first kappa shape index (κ1) is 14.4. The van der Waals surface area contributed by atoms with Gasteiger partial charge in [-0.25, -0.2) is 4.79 Å². The molecule has 0 aliphatic rings. The van der Waals surface area contributed by atoms with Crippen molar-refractivity contribution in [1.29, 1.82) is 0 Å². The van der Waals surface area contributed by atoms with Crippen LogP contribution in [-0.4, -0.2) is 29.6 Å². The average Bonchev–Trinajstić information content (AvgIpc) is 2.30. The molecule has 0 saturated heterocycles. The molecule has 1 aromatic rings. The summed E-state index contributed by atoms with van der Waals surface area (Å²) in [5.41, 5.74) is 1.24. The van der Waals surface area contributed by atoms with Gasteiger partial charge in [-0.1, -0.05) is 0 Å². The second-order valence-electron chi connectivity index (χ2n) is 3.63. The van der Waals surface area contributed by atoms with Crippen molar-refractivity contribution >= 4 is 39.3 Å². The molecule has 0 aliphatic carbocycles. The number of carboxylic acids is 1. The molecule has 5 heteroatoms. The fourth-order valence-corrected chi connectivity index (χ4v) is 2.40. The molecule has 0 amide bonds. The van der Waals surface area contributed by atoms with Gasteiger partial charge in [-0.3, -0.25) is 0 Å². The second kappa shape index (κ2) is 7.61. The van der Waals surface area contributed by atoms with E-state index < -0.39 is 5.97 Å². The molecular formula is C12H16BrNO2S. The highest BCUT2D eigenvalue weighted by molar-refractivity contribution is 9.10. The number of unbranched alkanes of at least 4 members (excludes halogenated alkanes) is 1. The number of rotatable bonds is 7. The minimum Gasteiger partial charge on any atom is -0.478 e. The molecule has 0 radical (unpaired) electrons. The van der Waals surface area contributed by atoms with Gasteiger partial charge in [0, 0.05) is 16.7 Å². The van der Waals surface area contributed by atoms with Gasteiger partial charge in [0.25, 0.3) is 0 Å². The van der Waals surface area contributed by atoms with Crippen molar-refractivity contribution in [2.45, 2.75) is 12.8 Å². The van der Waals surface area contributed by atoms with Gasteiger partial charge < -0.3 is 10.4 Å². The van der Waals surface area contributed by atoms with Crippen LogP contribution in [0, 0.1) is 0 Å². The fourth-order valence-electron chi connectivity index (χ4n) is 1.39. The number of hydrogen-bond acceptors (Lipinski definition) is 3. The normalized spacial score (nSPS) is 10.2. The van der Waals surface area contributed by atoms with E-state index in [4.69, 9.17) is 5.11 Å². The Morgan fingerprint density at radius 3 is 2.82 bits per heavy atom. The summed E-state index contributed by atoms with van der Waals surface area (Å²) < 4.78 is 0.794. The van der Waals surface area contributed by atoms with Crippen molar-refractivity contribution in [3.05, 3.63) is 28.2 Å². The maximum atomic E-state index is 10.8. The van der Waals surface area contributed by atoms with Crippen LogP contribution in [0.5, 0.6) is 0 Å². The third-order valence-electron chi connectivity index (χ3n) is 2.31. The topological polar surface area (TPSA) is 49.3 Å². The molecule has 0 aliphatic heterocycles. The lowest BCUT2D eigenvalue weighted by Gasteiger charge is -2.08. The third kappa shape index (κ3) is 5.00. The molecule has 1 aromatic carbocycles. The predicted molar refractivity (Wildman–Crippen MR) is 77.2 cm³/mol. The molecule has 0 fully saturated rings. The summed E-state index contributed by atoms with van der Waals surface area (Å²) in [5.74, 6) is 0.276. The van der Waals surface area contributed by atoms with Crippen LogP contribution in [0.2, 0.25) is 0 Å². The van der Waals surface area contributed by atoms with Gasteiger partial charge >= 0.3 is 5.97 Å². The van der Waals surface area contributed by atoms with Crippen LogP contribution in [0.25, 0.3) is 0 Å². The van der Waals surface area contributed by atoms with Crippen LogP contribution in [-0.2, 0) is 0 Å². The molecule has 0 atom stereocenters. The molecule has 94 valence electrons. The average molecular weight is 318 g/mol. The standard InChI is InChI=1S/C12H16BrNO2S/c1-17-7-3-2-6-14-11-5-4-9(12(15)16)8-10(11)13/h4-5,8,14H,2-3,6-7H2,1H3,(H,15,16). The second-order valence-corrected chi connectivity index (χ2v) is 5.47. The predicted octanol–water partition coefficient (Wildman–Crippen LogP) is 3.70. The van der Waals surface area contributed by atoms with E-state index in [2.05, 4.69) is 27.5 Å². The van der Waals surface area contributed by atoms with E-state index >= 15 is 0 Å². The summed E-state index contributed by atoms with van der Waals surface area (Å²) >= 11 is 5.22. The molecular weight excluding hydrogens is 302 g/mol. The summed E-state index contributed by atoms with van der Waals surface area (Å²) in [7, 11) is 0. The van der Waals surface area contributed by atoms with Gasteiger partial charge in [-0.15, -0.1) is 0 Å². The zero-order chi connectivity index (χ0) is 12.7. The third-order valence-corrected chi connectivity index (χ3v) is 3.66. The van der Waals surface area contributed by atoms with E-state index in [9.17, 15) is 4.79 Å². The van der Waals surface area contributed by atoms with E-state index in [1.807, 2.05) is 11.8 Å². The van der Waals surface area contributed by atoms with Crippen molar-refractivity contribution in [2.75, 3.05) is 23.9 Å². The van der Waals surface area contributed by atoms with Crippen LogP contribution in [0.3, 0.4) is 0 Å². The van der Waals surface area contributed by atoms with Crippen molar-refractivity contribution in [3.8, 4) is 0 Å². The van der Waals surface area contributed by atoms with Crippen LogP contribution < -0.4 is 5.32 Å². The monoisotopic (exact) mass is 317 g/mol. The van der Waals surface area contributed by atoms with E-state index in [0.717, 1.165) is 23.1 Å². The van der Waals surface area contributed by atoms with Crippen molar-refractivity contribution in [2.24, 2.45) is 0 Å². The molecule has 2 N–H and O–H groups in total. The molecule has 17 heavy (non-hydrogen) atoms. The van der Waals surface area contributed by atoms with E-state index in [0.29, 0.717) is 5.56 Å². The number of carbonyl (C=O) groups is 1. The summed E-state index contributed by atoms with van der Waals surface area (Å²) in [4.78, 5) is 10.8. The number of halogens is 1. The number of thioether (sulfide) groups is 1. The maximum Gasteiger partial charge on any atom is 0.335 e. The molecule has 0 unspecified atom stereocenters. The van der Waals surface area contributed by atoms with Crippen molar-refractivity contribution in [1.82, 2.24) is 0 Å². The summed E-state index contributed by atoms with van der Waals surface area (Å²) in [6, 6.07) is 5.02. The summed E-state index contributed by atoms with van der Waals surface area (Å²) in [6.45, 7) is 0.908. The molecule has 0 saturated carbocycles. The zero-order valence-corrected chi connectivity index (χ0v) is 12.1. The summed E-state index contributed by atoms with van der Waals surface area (Å²) in [5, 5.41) is 12.1. The first-order valence-corrected chi connectivity index (χ1v) is 7.59. The summed E-state index contributed by atoms with van der Waals surface area (Å²) in [6.07, 6.45) is 4.42. The number of nitrogens with one attached hydrogen (secondary N) is 1. The number of carboxylic acid groups (broad SMARTS) is 1. The smallest absolute Gasteiger partial charge is 0.335 e. The molecule has 1 rings (SSSR count). The first-order valence-electron chi connectivity index (χ1n) is 5.41. The van der Waals surface area contributed by atoms with Gasteiger partial charge in [0.15, 0.2) is 0 Å². The number of anilines is 1. The quantitative estimate of drug-likeness (QED) is 0.753. The van der Waals surface area contributed by atoms with Crippen LogP contribution in [0.1, 0.15) is 23.2 Å². The number of aromatic carboxylic acids is 1. The largest absolute Gasteiger partial charge is 0.478 e. The molecule has 0 aromatic heterocycles. The number of benzene rings is 1. The molecule has 3 nitrogen and oxygen atoms in total. The van der Waals surface area contributed by atoms with Crippen LogP contribution >= 0.6 is 27.7 Å². The highest BCUT2D eigenvalue weighted by Gasteiger charge is 2.05. The Balaban J connectivity index is 2.46. The lowest BCUT2D eigenvalue weighted by atomic mass is 10.2. The Morgan fingerprint density at radius 2 is 2.24 bits per heavy atom. The molecule has 0 spiro atoms. The van der Waals surface area contributed by atoms with E-state index in [1.54, 1.807) is 18.2 Å². The maximum absolute atomic E-state index is 10.8. The Labute approximate surface area is 114 Å². The van der Waals surface area contributed by atoms with Gasteiger partial charge in [0.05, 0.1) is 5.56 Å². The van der Waals surface area contributed by atoms with Crippen LogP contribution in [0.4, 0.5) is 5.69 Å². The Morgan fingerprint density at radius 1 is 1.47 bits per heavy atom. The zero-order valence-electron chi connectivity index (χ0n) is 9.70. The van der Waals surface area contributed by atoms with Gasteiger partial charge in [0.1, 0.15) is 0 Å². The highest BCUT2D eigenvalue weighted by Crippen LogP contribution is 2.23. The van der Waals surface area contributed by atoms with Gasteiger partial charge in [-0.05, 0) is 59.0 Å². The number of hydrogen-bond donors (Lipinski definition) is 2. The van der Waals surface area contributed by atoms with Gasteiger partial charge in [-0.2, -0.15) is 11.8 Å². The highest BCUT2D eigenvalue weighted by atomic mass is 79.9. The lowest BCUT2D eigenvalue weighted by molar-refractivity contribution is 0.0697. The minimum atomic E-state index is -0.905. The van der Waals surface area contributed by atoms with E-state index in [1.165, 1.54) is 12.2 Å². The van der Waals surface area contributed by atoms with Gasteiger partial charge in [0.2, 0.25) is 0 Å². The fraction of sp³-hybridized carbons (Fsp3) is 0.417. The van der Waals surface area contributed by atoms with Crippen molar-refractivity contribution in [3.63, 3.8) is 0 Å². The van der Waals surface area contributed by atoms with E-state index in [-0.39, 0.29) is 0 Å². The van der Waals surface area contributed by atoms with Crippen LogP contribution in [0.15, 0.2) is 22.7 Å². The Bertz CT molecular complexity index is 385. The lowest BCUT2D eigenvalue weighted by Crippen LogP contribution is -2.04.